The fourth-order valence-corrected chi connectivity index (χ4v) is 7.00. The van der Waals surface area contributed by atoms with Crippen LogP contribution in [-0.2, 0) is 14.3 Å². The normalized spacial score (nSPS) is 37.2. The van der Waals surface area contributed by atoms with Crippen molar-refractivity contribution in [2.24, 2.45) is 5.92 Å². The van der Waals surface area contributed by atoms with Gasteiger partial charge in [-0.3, -0.25) is 9.59 Å². The third kappa shape index (κ3) is 2.85. The van der Waals surface area contributed by atoms with E-state index in [2.05, 4.69) is 48.7 Å². The van der Waals surface area contributed by atoms with Gasteiger partial charge < -0.3 is 15.0 Å². The van der Waals surface area contributed by atoms with Gasteiger partial charge in [-0.05, 0) is 38.2 Å². The van der Waals surface area contributed by atoms with Crippen molar-refractivity contribution in [3.63, 3.8) is 0 Å². The number of amides is 2. The van der Waals surface area contributed by atoms with Crippen molar-refractivity contribution in [3.8, 4) is 0 Å². The molecule has 3 heterocycles. The number of fused-ring (bicyclic) bond motifs is 1. The van der Waals surface area contributed by atoms with Crippen LogP contribution < -0.4 is 5.32 Å². The summed E-state index contributed by atoms with van der Waals surface area (Å²) in [5.41, 5.74) is 1.52. The van der Waals surface area contributed by atoms with E-state index in [1.165, 1.54) is 18.4 Å². The first kappa shape index (κ1) is 19.5. The molecule has 5 atom stereocenters. The minimum atomic E-state index is -0.831. The number of ether oxygens (including phenoxy) is 1. The summed E-state index contributed by atoms with van der Waals surface area (Å²) in [5, 5.41) is 3.30. The first-order valence-electron chi connectivity index (χ1n) is 12.1. The average molecular weight is 421 g/mol. The van der Waals surface area contributed by atoms with Crippen molar-refractivity contribution in [3.05, 3.63) is 47.5 Å². The van der Waals surface area contributed by atoms with Crippen LogP contribution in [0.5, 0.6) is 0 Å². The van der Waals surface area contributed by atoms with Crippen LogP contribution in [0.25, 0.3) is 0 Å². The Balaban J connectivity index is 1.39. The van der Waals surface area contributed by atoms with Crippen LogP contribution in [0.15, 0.2) is 36.4 Å². The Morgan fingerprint density at radius 1 is 1.06 bits per heavy atom. The second-order valence-corrected chi connectivity index (χ2v) is 10.3. The Kier molecular flexibility index (Phi) is 4.53. The van der Waals surface area contributed by atoms with E-state index in [0.717, 1.165) is 44.1 Å². The van der Waals surface area contributed by atoms with Gasteiger partial charge in [-0.1, -0.05) is 67.7 Å². The molecule has 1 spiro atoms. The molecule has 2 saturated heterocycles. The van der Waals surface area contributed by atoms with Crippen molar-refractivity contribution in [2.75, 3.05) is 0 Å². The highest BCUT2D eigenvalue weighted by Crippen LogP contribution is 2.59. The van der Waals surface area contributed by atoms with Gasteiger partial charge in [0.15, 0.2) is 0 Å². The van der Waals surface area contributed by atoms with E-state index in [1.54, 1.807) is 0 Å². The molecule has 0 unspecified atom stereocenters. The van der Waals surface area contributed by atoms with E-state index in [-0.39, 0.29) is 41.8 Å². The lowest BCUT2D eigenvalue weighted by Gasteiger charge is -2.36. The maximum absolute atomic E-state index is 14.0. The van der Waals surface area contributed by atoms with Gasteiger partial charge in [0.1, 0.15) is 11.6 Å². The summed E-state index contributed by atoms with van der Waals surface area (Å²) < 4.78 is 6.61. The second-order valence-electron chi connectivity index (χ2n) is 10.3. The summed E-state index contributed by atoms with van der Waals surface area (Å²) >= 11 is 0. The van der Waals surface area contributed by atoms with E-state index >= 15 is 0 Å². The summed E-state index contributed by atoms with van der Waals surface area (Å²) in [4.78, 5) is 29.7. The zero-order valence-electron chi connectivity index (χ0n) is 18.3. The lowest BCUT2D eigenvalue weighted by Crippen LogP contribution is -2.57. The third-order valence-electron chi connectivity index (χ3n) is 8.44. The number of nitrogens with zero attached hydrogens (tertiary/aromatic N) is 1. The first-order valence-corrected chi connectivity index (χ1v) is 12.1. The zero-order chi connectivity index (χ0) is 21.2. The summed E-state index contributed by atoms with van der Waals surface area (Å²) in [5.74, 6) is -0.225. The predicted octanol–water partition coefficient (Wildman–Crippen LogP) is 3.61. The maximum Gasteiger partial charge on any atom is 0.246 e. The highest BCUT2D eigenvalue weighted by molar-refractivity contribution is 5.97. The van der Waals surface area contributed by atoms with Gasteiger partial charge in [0.05, 0.1) is 12.0 Å². The Morgan fingerprint density at radius 2 is 1.74 bits per heavy atom. The minimum absolute atomic E-state index is 0.00972. The van der Waals surface area contributed by atoms with Crippen LogP contribution in [0, 0.1) is 12.8 Å². The highest BCUT2D eigenvalue weighted by Gasteiger charge is 2.72. The van der Waals surface area contributed by atoms with Crippen LogP contribution in [0.4, 0.5) is 0 Å². The van der Waals surface area contributed by atoms with Crippen molar-refractivity contribution in [1.29, 1.82) is 0 Å². The molecule has 6 rings (SSSR count). The molecule has 2 aliphatic carbocycles. The molecule has 2 bridgehead atoms. The molecule has 0 aromatic heterocycles. The van der Waals surface area contributed by atoms with Gasteiger partial charge in [-0.15, -0.1) is 0 Å². The van der Waals surface area contributed by atoms with Gasteiger partial charge in [-0.25, -0.2) is 0 Å². The van der Waals surface area contributed by atoms with Crippen LogP contribution in [0.1, 0.15) is 68.4 Å². The summed E-state index contributed by atoms with van der Waals surface area (Å²) in [6.45, 7) is 2.08. The van der Waals surface area contributed by atoms with Crippen molar-refractivity contribution >= 4 is 11.8 Å². The molecule has 2 amide bonds. The number of hydrogen-bond acceptors (Lipinski definition) is 3. The summed E-state index contributed by atoms with van der Waals surface area (Å²) in [6, 6.07) is 8.31. The SMILES string of the molecule is Cc1ccc([C@@H]2[C@@H]3C=C[C@]4(O3)[C@@H]2C(=O)N(C2CCCC2)[C@@H]4C(=O)NC2CCCC2)cc1. The standard InChI is InChI=1S/C26H32N2O3/c1-16-10-12-17(13-11-16)21-20-14-15-26(31-20)22(21)25(30)28(19-8-4-5-9-19)23(26)24(29)27-18-6-2-3-7-18/h10-15,18-23H,2-9H2,1H3,(H,27,29)/t20-,21+,22-,23+,26-/m0/s1. The molecular weight excluding hydrogens is 388 g/mol. The topological polar surface area (TPSA) is 58.6 Å². The molecule has 31 heavy (non-hydrogen) atoms. The molecular formula is C26H32N2O3. The predicted molar refractivity (Wildman–Crippen MR) is 117 cm³/mol. The molecule has 2 saturated carbocycles. The number of carbonyl (C=O) groups excluding carboxylic acids is 2. The number of rotatable bonds is 4. The minimum Gasteiger partial charge on any atom is -0.359 e. The third-order valence-corrected chi connectivity index (χ3v) is 8.44. The molecule has 4 fully saturated rings. The number of nitrogens with one attached hydrogen (secondary N) is 1. The van der Waals surface area contributed by atoms with Crippen LogP contribution in [0.2, 0.25) is 0 Å². The van der Waals surface area contributed by atoms with E-state index in [4.69, 9.17) is 4.74 Å². The Bertz CT molecular complexity index is 913. The molecule has 164 valence electrons. The fraction of sp³-hybridized carbons (Fsp3) is 0.615. The Hall–Kier alpha value is -2.14. The molecule has 5 aliphatic rings. The molecule has 0 radical (unpaired) electrons. The molecule has 5 heteroatoms. The zero-order valence-corrected chi connectivity index (χ0v) is 18.3. The van der Waals surface area contributed by atoms with Crippen molar-refractivity contribution in [1.82, 2.24) is 10.2 Å². The molecule has 1 aromatic carbocycles. The van der Waals surface area contributed by atoms with Crippen molar-refractivity contribution in [2.45, 2.75) is 94.0 Å². The molecule has 1 aromatic rings. The molecule has 3 aliphatic heterocycles. The second kappa shape index (κ2) is 7.19. The smallest absolute Gasteiger partial charge is 0.246 e. The molecule has 5 nitrogen and oxygen atoms in total. The van der Waals surface area contributed by atoms with E-state index in [9.17, 15) is 9.59 Å². The van der Waals surface area contributed by atoms with Crippen LogP contribution in [-0.4, -0.2) is 46.5 Å². The van der Waals surface area contributed by atoms with Gasteiger partial charge >= 0.3 is 0 Å². The Labute approximate surface area is 184 Å². The number of benzene rings is 1. The fourth-order valence-electron chi connectivity index (χ4n) is 7.00. The quantitative estimate of drug-likeness (QED) is 0.757. The van der Waals surface area contributed by atoms with Gasteiger partial charge in [0.25, 0.3) is 0 Å². The van der Waals surface area contributed by atoms with E-state index < -0.39 is 11.6 Å². The van der Waals surface area contributed by atoms with E-state index in [1.807, 2.05) is 4.90 Å². The lowest BCUT2D eigenvalue weighted by atomic mass is 9.72. The van der Waals surface area contributed by atoms with Crippen LogP contribution >= 0.6 is 0 Å². The largest absolute Gasteiger partial charge is 0.359 e. The first-order chi connectivity index (χ1) is 15.1. The number of likely N-dealkylation sites (tertiary alicyclic amines) is 1. The highest BCUT2D eigenvalue weighted by atomic mass is 16.5. The average Bonchev–Trinajstić information content (AvgIpc) is 3.57. The number of carbonyl (C=O) groups is 2. The lowest BCUT2D eigenvalue weighted by molar-refractivity contribution is -0.142. The maximum atomic E-state index is 14.0. The molecule has 1 N–H and O–H groups in total. The number of hydrogen-bond donors (Lipinski definition) is 1. The summed E-state index contributed by atoms with van der Waals surface area (Å²) in [7, 11) is 0. The van der Waals surface area contributed by atoms with Crippen molar-refractivity contribution < 1.29 is 14.3 Å². The van der Waals surface area contributed by atoms with Gasteiger partial charge in [0.2, 0.25) is 11.8 Å². The number of aryl methyl sites for hydroxylation is 1. The van der Waals surface area contributed by atoms with Crippen LogP contribution in [0.3, 0.4) is 0 Å². The summed E-state index contributed by atoms with van der Waals surface area (Å²) in [6.07, 6.45) is 12.7. The van der Waals surface area contributed by atoms with E-state index in [0.29, 0.717) is 0 Å². The monoisotopic (exact) mass is 420 g/mol. The van der Waals surface area contributed by atoms with Gasteiger partial charge in [-0.2, -0.15) is 0 Å². The Morgan fingerprint density at radius 3 is 2.45 bits per heavy atom. The van der Waals surface area contributed by atoms with Gasteiger partial charge in [0, 0.05) is 18.0 Å².